The van der Waals surface area contributed by atoms with Gasteiger partial charge in [-0.3, -0.25) is 4.79 Å². The molecule has 2 rings (SSSR count). The predicted molar refractivity (Wildman–Crippen MR) is 74.2 cm³/mol. The molecule has 0 spiro atoms. The number of carbonyl (C=O) groups is 1. The van der Waals surface area contributed by atoms with Crippen molar-refractivity contribution in [1.29, 1.82) is 0 Å². The summed E-state index contributed by atoms with van der Waals surface area (Å²) in [5.74, 6) is 0.176. The van der Waals surface area contributed by atoms with Gasteiger partial charge in [-0.15, -0.1) is 0 Å². The molecule has 0 saturated carbocycles. The van der Waals surface area contributed by atoms with Gasteiger partial charge in [0.1, 0.15) is 5.75 Å². The molecule has 0 aliphatic carbocycles. The van der Waals surface area contributed by atoms with Gasteiger partial charge in [0.25, 0.3) is 5.91 Å². The molecule has 1 aliphatic rings. The molecule has 0 radical (unpaired) electrons. The van der Waals surface area contributed by atoms with Gasteiger partial charge in [0, 0.05) is 31.7 Å². The zero-order valence-electron chi connectivity index (χ0n) is 9.69. The topological polar surface area (TPSA) is 43.8 Å². The lowest BCUT2D eigenvalue weighted by Gasteiger charge is -2.32. The molecule has 1 fully saturated rings. The Bertz CT molecular complexity index is 429. The van der Waals surface area contributed by atoms with Crippen molar-refractivity contribution in [3.05, 3.63) is 27.3 Å². The van der Waals surface area contributed by atoms with E-state index in [4.69, 9.17) is 0 Å². The van der Waals surface area contributed by atoms with Gasteiger partial charge in [-0.25, -0.2) is 0 Å². The van der Waals surface area contributed by atoms with E-state index in [1.807, 2.05) is 27.5 Å². The number of carbonyl (C=O) groups excluding carboxylic acids is 1. The van der Waals surface area contributed by atoms with Crippen LogP contribution in [0.3, 0.4) is 0 Å². The molecule has 0 bridgehead atoms. The first-order chi connectivity index (χ1) is 8.08. The molecule has 0 unspecified atom stereocenters. The first-order valence-corrected chi connectivity index (χ1v) is 6.62. The summed E-state index contributed by atoms with van der Waals surface area (Å²) in [6.45, 7) is 3.31. The van der Waals surface area contributed by atoms with Crippen LogP contribution in [-0.2, 0) is 0 Å². The molecule has 1 aromatic carbocycles. The second kappa shape index (κ2) is 5.22. The number of phenolic OH excluding ortho intramolecular Hbond substituents is 1. The van der Waals surface area contributed by atoms with E-state index in [9.17, 15) is 9.90 Å². The molecule has 5 heteroatoms. The molecule has 1 amide bonds. The van der Waals surface area contributed by atoms with Gasteiger partial charge >= 0.3 is 0 Å². The highest BCUT2D eigenvalue weighted by Crippen LogP contribution is 2.21. The van der Waals surface area contributed by atoms with Crippen molar-refractivity contribution in [3.63, 3.8) is 0 Å². The summed E-state index contributed by atoms with van der Waals surface area (Å²) < 4.78 is 0.762. The fraction of sp³-hybridized carbons (Fsp3) is 0.417. The van der Waals surface area contributed by atoms with Gasteiger partial charge in [-0.1, -0.05) is 0 Å². The molecule has 0 aromatic heterocycles. The molecule has 1 aromatic rings. The van der Waals surface area contributed by atoms with Crippen LogP contribution in [0.15, 0.2) is 18.2 Å². The molecular formula is C12H15IN2O2. The lowest BCUT2D eigenvalue weighted by Crippen LogP contribution is -2.47. The fourth-order valence-electron chi connectivity index (χ4n) is 1.84. The Hall–Kier alpha value is -0.820. The Kier molecular flexibility index (Phi) is 3.88. The van der Waals surface area contributed by atoms with Gasteiger partial charge in [0.15, 0.2) is 0 Å². The molecule has 1 saturated heterocycles. The standard InChI is InChI=1S/C12H15IN2O2/c1-14-4-6-15(7-5-14)12(17)9-2-3-10(13)11(16)8-9/h2-3,8,16H,4-7H2,1H3. The van der Waals surface area contributed by atoms with Crippen LogP contribution in [0.5, 0.6) is 5.75 Å². The Balaban J connectivity index is 2.11. The summed E-state index contributed by atoms with van der Waals surface area (Å²) in [5, 5.41) is 9.60. The summed E-state index contributed by atoms with van der Waals surface area (Å²) in [7, 11) is 2.05. The third kappa shape index (κ3) is 2.90. The van der Waals surface area contributed by atoms with Gasteiger partial charge < -0.3 is 14.9 Å². The van der Waals surface area contributed by atoms with E-state index in [-0.39, 0.29) is 11.7 Å². The van der Waals surface area contributed by atoms with Gasteiger partial charge in [-0.2, -0.15) is 0 Å². The molecule has 92 valence electrons. The minimum atomic E-state index is 0.00444. The number of nitrogens with zero attached hydrogens (tertiary/aromatic N) is 2. The first kappa shape index (κ1) is 12.6. The van der Waals surface area contributed by atoms with Crippen LogP contribution in [0.4, 0.5) is 0 Å². The van der Waals surface area contributed by atoms with Crippen LogP contribution in [0, 0.1) is 3.57 Å². The van der Waals surface area contributed by atoms with E-state index in [1.54, 1.807) is 18.2 Å². The molecule has 1 N–H and O–H groups in total. The number of benzene rings is 1. The number of halogens is 1. The first-order valence-electron chi connectivity index (χ1n) is 5.54. The van der Waals surface area contributed by atoms with E-state index in [2.05, 4.69) is 11.9 Å². The fourth-order valence-corrected chi connectivity index (χ4v) is 2.17. The third-order valence-corrected chi connectivity index (χ3v) is 3.90. The summed E-state index contributed by atoms with van der Waals surface area (Å²) in [6, 6.07) is 5.07. The number of aromatic hydroxyl groups is 1. The average molecular weight is 346 g/mol. The molecule has 0 atom stereocenters. The number of phenols is 1. The normalized spacial score (nSPS) is 17.2. The van der Waals surface area contributed by atoms with Crippen molar-refractivity contribution in [2.75, 3.05) is 33.2 Å². The van der Waals surface area contributed by atoms with Crippen LogP contribution in [0.1, 0.15) is 10.4 Å². The number of amides is 1. The Morgan fingerprint density at radius 3 is 2.53 bits per heavy atom. The van der Waals surface area contributed by atoms with Crippen LogP contribution in [0.2, 0.25) is 0 Å². The smallest absolute Gasteiger partial charge is 0.254 e. The van der Waals surface area contributed by atoms with Crippen LogP contribution in [-0.4, -0.2) is 54.0 Å². The zero-order chi connectivity index (χ0) is 12.4. The SMILES string of the molecule is CN1CCN(C(=O)c2ccc(I)c(O)c2)CC1. The second-order valence-electron chi connectivity index (χ2n) is 4.26. The molecule has 1 aliphatic heterocycles. The highest BCUT2D eigenvalue weighted by atomic mass is 127. The van der Waals surface area contributed by atoms with Crippen molar-refractivity contribution in [2.24, 2.45) is 0 Å². The van der Waals surface area contributed by atoms with Crippen LogP contribution in [0.25, 0.3) is 0 Å². The Morgan fingerprint density at radius 1 is 1.29 bits per heavy atom. The predicted octanol–water partition coefficient (Wildman–Crippen LogP) is 1.38. The van der Waals surface area contributed by atoms with Gasteiger partial charge in [-0.05, 0) is 47.8 Å². The second-order valence-corrected chi connectivity index (χ2v) is 5.42. The van der Waals surface area contributed by atoms with Gasteiger partial charge in [0.2, 0.25) is 0 Å². The van der Waals surface area contributed by atoms with Crippen molar-refractivity contribution >= 4 is 28.5 Å². The van der Waals surface area contributed by atoms with E-state index in [1.165, 1.54) is 0 Å². The van der Waals surface area contributed by atoms with Crippen LogP contribution < -0.4 is 0 Å². The maximum Gasteiger partial charge on any atom is 0.254 e. The molecule has 17 heavy (non-hydrogen) atoms. The third-order valence-electron chi connectivity index (χ3n) is 2.98. The van der Waals surface area contributed by atoms with Crippen LogP contribution >= 0.6 is 22.6 Å². The molecular weight excluding hydrogens is 331 g/mol. The van der Waals surface area contributed by atoms with Crippen molar-refractivity contribution in [1.82, 2.24) is 9.80 Å². The largest absolute Gasteiger partial charge is 0.507 e. The number of rotatable bonds is 1. The highest BCUT2D eigenvalue weighted by molar-refractivity contribution is 14.1. The lowest BCUT2D eigenvalue weighted by atomic mass is 10.1. The maximum atomic E-state index is 12.2. The van der Waals surface area contributed by atoms with Crippen molar-refractivity contribution < 1.29 is 9.90 Å². The van der Waals surface area contributed by atoms with E-state index in [0.717, 1.165) is 29.7 Å². The highest BCUT2D eigenvalue weighted by Gasteiger charge is 2.20. The number of hydrogen-bond donors (Lipinski definition) is 1. The zero-order valence-corrected chi connectivity index (χ0v) is 11.8. The minimum Gasteiger partial charge on any atom is -0.507 e. The summed E-state index contributed by atoms with van der Waals surface area (Å²) in [5.41, 5.74) is 0.562. The minimum absolute atomic E-state index is 0.00444. The van der Waals surface area contributed by atoms with E-state index in [0.29, 0.717) is 5.56 Å². The summed E-state index contributed by atoms with van der Waals surface area (Å²) >= 11 is 2.04. The maximum absolute atomic E-state index is 12.2. The summed E-state index contributed by atoms with van der Waals surface area (Å²) in [6.07, 6.45) is 0. The van der Waals surface area contributed by atoms with Crippen molar-refractivity contribution in [3.8, 4) is 5.75 Å². The molecule has 4 nitrogen and oxygen atoms in total. The number of hydrogen-bond acceptors (Lipinski definition) is 3. The number of likely N-dealkylation sites (N-methyl/N-ethyl adjacent to an activating group) is 1. The van der Waals surface area contributed by atoms with E-state index >= 15 is 0 Å². The molecule has 1 heterocycles. The summed E-state index contributed by atoms with van der Waals surface area (Å²) in [4.78, 5) is 16.2. The lowest BCUT2D eigenvalue weighted by molar-refractivity contribution is 0.0663. The Labute approximate surface area is 114 Å². The number of piperazine rings is 1. The van der Waals surface area contributed by atoms with E-state index < -0.39 is 0 Å². The Morgan fingerprint density at radius 2 is 1.94 bits per heavy atom. The quantitative estimate of drug-likeness (QED) is 0.782. The van der Waals surface area contributed by atoms with Crippen molar-refractivity contribution in [2.45, 2.75) is 0 Å². The average Bonchev–Trinajstić information content (AvgIpc) is 2.33. The monoisotopic (exact) mass is 346 g/mol. The van der Waals surface area contributed by atoms with Gasteiger partial charge in [0.05, 0.1) is 3.57 Å².